The average molecular weight is 389 g/mol. The Morgan fingerprint density at radius 2 is 2.03 bits per heavy atom. The van der Waals surface area contributed by atoms with Crippen molar-refractivity contribution in [2.45, 2.75) is 33.1 Å². The average Bonchev–Trinajstić information content (AvgIpc) is 3.12. The van der Waals surface area contributed by atoms with Crippen molar-refractivity contribution < 1.29 is 14.3 Å². The van der Waals surface area contributed by atoms with E-state index in [4.69, 9.17) is 0 Å². The van der Waals surface area contributed by atoms with Gasteiger partial charge in [0.15, 0.2) is 0 Å². The molecule has 0 bridgehead atoms. The van der Waals surface area contributed by atoms with Crippen LogP contribution < -0.4 is 5.32 Å². The van der Waals surface area contributed by atoms with Gasteiger partial charge in [-0.2, -0.15) is 0 Å². The van der Waals surface area contributed by atoms with Crippen LogP contribution in [0, 0.1) is 25.7 Å². The Hall–Kier alpha value is -3.59. The molecule has 6 heteroatoms. The van der Waals surface area contributed by atoms with Crippen molar-refractivity contribution in [1.29, 1.82) is 0 Å². The van der Waals surface area contributed by atoms with Gasteiger partial charge < -0.3 is 14.5 Å². The Labute approximate surface area is 169 Å². The summed E-state index contributed by atoms with van der Waals surface area (Å²) in [4.78, 5) is 28.4. The Bertz CT molecular complexity index is 1120. The molecule has 0 fully saturated rings. The van der Waals surface area contributed by atoms with E-state index in [9.17, 15) is 9.59 Å². The molecule has 0 aliphatic rings. The second-order valence-corrected chi connectivity index (χ2v) is 6.73. The third kappa shape index (κ3) is 5.02. The molecular weight excluding hydrogens is 366 g/mol. The van der Waals surface area contributed by atoms with Crippen molar-refractivity contribution in [2.75, 3.05) is 12.4 Å². The van der Waals surface area contributed by atoms with Gasteiger partial charge in [-0.05, 0) is 50.6 Å². The molecular formula is C23H23N3O3. The van der Waals surface area contributed by atoms with E-state index in [0.717, 1.165) is 17.0 Å². The first-order valence-corrected chi connectivity index (χ1v) is 9.40. The fraction of sp³-hybridized carbons (Fsp3) is 0.261. The predicted octanol–water partition coefficient (Wildman–Crippen LogP) is 3.90. The molecule has 0 spiro atoms. The molecule has 0 radical (unpaired) electrons. The first-order chi connectivity index (χ1) is 14.0. The Morgan fingerprint density at radius 1 is 1.21 bits per heavy atom. The number of fused-ring (bicyclic) bond motifs is 1. The number of hydrogen-bond acceptors (Lipinski definition) is 4. The fourth-order valence-electron chi connectivity index (χ4n) is 3.03. The zero-order chi connectivity index (χ0) is 20.8. The van der Waals surface area contributed by atoms with E-state index in [1.165, 1.54) is 7.11 Å². The zero-order valence-corrected chi connectivity index (χ0v) is 16.8. The van der Waals surface area contributed by atoms with Gasteiger partial charge in [-0.15, -0.1) is 0 Å². The summed E-state index contributed by atoms with van der Waals surface area (Å²) < 4.78 is 6.51. The van der Waals surface area contributed by atoms with Gasteiger partial charge in [0.05, 0.1) is 12.7 Å². The molecule has 0 saturated heterocycles. The standard InChI is InChI=1S/C23H23N3O3/c1-16-14-17(2)26-13-12-20(22(26)24-16)23(28)25-19-10-7-9-18(15-19)8-5-4-6-11-21(27)29-3/h7,9-10,12-15H,4,6,11H2,1-3H3,(H,25,28). The molecule has 1 amide bonds. The van der Waals surface area contributed by atoms with E-state index in [1.54, 1.807) is 6.07 Å². The number of amides is 1. The topological polar surface area (TPSA) is 72.7 Å². The second kappa shape index (κ2) is 9.07. The van der Waals surface area contributed by atoms with Gasteiger partial charge in [0.2, 0.25) is 0 Å². The highest BCUT2D eigenvalue weighted by Gasteiger charge is 2.14. The van der Waals surface area contributed by atoms with Crippen LogP contribution in [-0.4, -0.2) is 28.4 Å². The highest BCUT2D eigenvalue weighted by Crippen LogP contribution is 2.17. The molecule has 2 aromatic heterocycles. The fourth-order valence-corrected chi connectivity index (χ4v) is 3.03. The number of nitrogens with one attached hydrogen (secondary N) is 1. The minimum Gasteiger partial charge on any atom is -0.469 e. The maximum Gasteiger partial charge on any atom is 0.305 e. The van der Waals surface area contributed by atoms with E-state index in [2.05, 4.69) is 26.9 Å². The zero-order valence-electron chi connectivity index (χ0n) is 16.8. The molecule has 2 heterocycles. The van der Waals surface area contributed by atoms with Gasteiger partial charge in [0.25, 0.3) is 5.91 Å². The lowest BCUT2D eigenvalue weighted by Gasteiger charge is -2.06. The van der Waals surface area contributed by atoms with Crippen molar-refractivity contribution in [2.24, 2.45) is 0 Å². The Morgan fingerprint density at radius 3 is 2.83 bits per heavy atom. The van der Waals surface area contributed by atoms with E-state index >= 15 is 0 Å². The summed E-state index contributed by atoms with van der Waals surface area (Å²) in [6, 6.07) is 11.1. The van der Waals surface area contributed by atoms with Crippen molar-refractivity contribution in [1.82, 2.24) is 9.38 Å². The van der Waals surface area contributed by atoms with Crippen LogP contribution in [0.1, 0.15) is 46.6 Å². The van der Waals surface area contributed by atoms with Gasteiger partial charge in [0, 0.05) is 41.7 Å². The maximum atomic E-state index is 12.8. The number of aryl methyl sites for hydroxylation is 2. The smallest absolute Gasteiger partial charge is 0.305 e. The number of unbranched alkanes of at least 4 members (excludes halogenated alkanes) is 1. The van der Waals surface area contributed by atoms with Crippen LogP contribution in [0.25, 0.3) is 5.65 Å². The third-order valence-electron chi connectivity index (χ3n) is 4.45. The minimum atomic E-state index is -0.227. The number of nitrogens with zero attached hydrogens (tertiary/aromatic N) is 2. The number of carbonyl (C=O) groups excluding carboxylic acids is 2. The summed E-state index contributed by atoms with van der Waals surface area (Å²) in [5.74, 6) is 5.66. The van der Waals surface area contributed by atoms with Gasteiger partial charge in [0.1, 0.15) is 5.65 Å². The quantitative estimate of drug-likeness (QED) is 0.408. The van der Waals surface area contributed by atoms with Crippen LogP contribution >= 0.6 is 0 Å². The van der Waals surface area contributed by atoms with E-state index in [0.29, 0.717) is 36.2 Å². The number of hydrogen-bond donors (Lipinski definition) is 1. The van der Waals surface area contributed by atoms with E-state index in [1.807, 2.05) is 54.8 Å². The van der Waals surface area contributed by atoms with Gasteiger partial charge in [-0.3, -0.25) is 9.59 Å². The molecule has 3 aromatic rings. The molecule has 6 nitrogen and oxygen atoms in total. The number of carbonyl (C=O) groups is 2. The molecule has 0 unspecified atom stereocenters. The maximum absolute atomic E-state index is 12.8. The summed E-state index contributed by atoms with van der Waals surface area (Å²) in [6.45, 7) is 3.89. The van der Waals surface area contributed by atoms with Crippen LogP contribution in [0.4, 0.5) is 5.69 Å². The van der Waals surface area contributed by atoms with Crippen LogP contribution in [-0.2, 0) is 9.53 Å². The minimum absolute atomic E-state index is 0.215. The van der Waals surface area contributed by atoms with Gasteiger partial charge >= 0.3 is 5.97 Å². The number of ether oxygens (including phenoxy) is 1. The number of rotatable bonds is 5. The first kappa shape index (κ1) is 20.2. The largest absolute Gasteiger partial charge is 0.469 e. The molecule has 3 rings (SSSR count). The SMILES string of the molecule is COC(=O)CCCC#Cc1cccc(NC(=O)c2ccn3c(C)cc(C)nc23)c1. The molecule has 148 valence electrons. The second-order valence-electron chi connectivity index (χ2n) is 6.73. The van der Waals surface area contributed by atoms with Gasteiger partial charge in [-0.25, -0.2) is 4.98 Å². The lowest BCUT2D eigenvalue weighted by molar-refractivity contribution is -0.140. The van der Waals surface area contributed by atoms with Crippen molar-refractivity contribution >= 4 is 23.2 Å². The molecule has 1 N–H and O–H groups in total. The van der Waals surface area contributed by atoms with E-state index < -0.39 is 0 Å². The highest BCUT2D eigenvalue weighted by atomic mass is 16.5. The third-order valence-corrected chi connectivity index (χ3v) is 4.45. The van der Waals surface area contributed by atoms with Crippen molar-refractivity contribution in [3.05, 3.63) is 65.1 Å². The number of anilines is 1. The van der Waals surface area contributed by atoms with E-state index in [-0.39, 0.29) is 11.9 Å². The number of methoxy groups -OCH3 is 1. The number of aromatic nitrogens is 2. The molecule has 0 saturated carbocycles. The molecule has 1 aromatic carbocycles. The lowest BCUT2D eigenvalue weighted by atomic mass is 10.1. The summed E-state index contributed by atoms with van der Waals surface area (Å²) >= 11 is 0. The number of esters is 1. The highest BCUT2D eigenvalue weighted by molar-refractivity contribution is 6.08. The summed E-state index contributed by atoms with van der Waals surface area (Å²) in [5, 5.41) is 2.92. The number of benzene rings is 1. The Kier molecular flexibility index (Phi) is 6.30. The molecule has 0 aliphatic heterocycles. The molecule has 29 heavy (non-hydrogen) atoms. The first-order valence-electron chi connectivity index (χ1n) is 9.40. The van der Waals surface area contributed by atoms with Crippen LogP contribution in [0.3, 0.4) is 0 Å². The summed E-state index contributed by atoms with van der Waals surface area (Å²) in [6.07, 6.45) is 3.47. The molecule has 0 aliphatic carbocycles. The van der Waals surface area contributed by atoms with Crippen LogP contribution in [0.15, 0.2) is 42.6 Å². The molecule has 0 atom stereocenters. The van der Waals surface area contributed by atoms with Crippen molar-refractivity contribution in [3.8, 4) is 11.8 Å². The monoisotopic (exact) mass is 389 g/mol. The lowest BCUT2D eigenvalue weighted by Crippen LogP contribution is -2.12. The van der Waals surface area contributed by atoms with Crippen molar-refractivity contribution in [3.63, 3.8) is 0 Å². The Balaban J connectivity index is 1.69. The van der Waals surface area contributed by atoms with Gasteiger partial charge in [-0.1, -0.05) is 17.9 Å². The van der Waals surface area contributed by atoms with Crippen LogP contribution in [0.5, 0.6) is 0 Å². The summed E-state index contributed by atoms with van der Waals surface area (Å²) in [5.41, 5.74) is 4.52. The summed E-state index contributed by atoms with van der Waals surface area (Å²) in [7, 11) is 1.38. The normalized spacial score (nSPS) is 10.3. The van der Waals surface area contributed by atoms with Crippen LogP contribution in [0.2, 0.25) is 0 Å². The predicted molar refractivity (Wildman–Crippen MR) is 112 cm³/mol.